The highest BCUT2D eigenvalue weighted by Gasteiger charge is 2.23. The van der Waals surface area contributed by atoms with E-state index in [0.29, 0.717) is 52.0 Å². The molecule has 28 heavy (non-hydrogen) atoms. The molecule has 8 heteroatoms. The maximum Gasteiger partial charge on any atom is 0.410 e. The highest BCUT2D eigenvalue weighted by molar-refractivity contribution is 5.68. The number of amides is 2. The molecule has 0 fully saturated rings. The second kappa shape index (κ2) is 12.4. The summed E-state index contributed by atoms with van der Waals surface area (Å²) in [5.41, 5.74) is 4.43. The summed E-state index contributed by atoms with van der Waals surface area (Å²) < 4.78 is 10.8. The van der Waals surface area contributed by atoms with E-state index in [1.54, 1.807) is 9.80 Å². The highest BCUT2D eigenvalue weighted by atomic mass is 16.6. The predicted octanol–water partition coefficient (Wildman–Crippen LogP) is 3.50. The lowest BCUT2D eigenvalue weighted by Gasteiger charge is -2.28. The standard InChI is InChI=1S/C20H38N4O4/c1-19(2,3)27-17(25)23(15-9-11-21)13-7-8-14-24(16-10-12-22)18(26)28-20(4,5)6/h7-11,13-16,21H2,1-6H3. The van der Waals surface area contributed by atoms with Crippen LogP contribution in [0.1, 0.15) is 67.2 Å². The number of nitrogens with two attached hydrogens (primary N) is 1. The second-order valence-electron chi connectivity index (χ2n) is 8.69. The molecule has 0 saturated carbocycles. The molecule has 0 aliphatic carbocycles. The molecule has 0 unspecified atom stereocenters. The summed E-state index contributed by atoms with van der Waals surface area (Å²) in [4.78, 5) is 27.8. The van der Waals surface area contributed by atoms with Crippen LogP contribution in [0.15, 0.2) is 0 Å². The van der Waals surface area contributed by atoms with Crippen LogP contribution in [0, 0.1) is 11.3 Å². The Labute approximate surface area is 169 Å². The van der Waals surface area contributed by atoms with Gasteiger partial charge in [0.25, 0.3) is 0 Å². The summed E-state index contributed by atoms with van der Waals surface area (Å²) >= 11 is 0. The van der Waals surface area contributed by atoms with Gasteiger partial charge in [-0.3, -0.25) is 0 Å². The van der Waals surface area contributed by atoms with Crippen molar-refractivity contribution in [3.63, 3.8) is 0 Å². The summed E-state index contributed by atoms with van der Waals surface area (Å²) in [6.07, 6.45) is 1.57. The molecule has 8 nitrogen and oxygen atoms in total. The molecule has 0 bridgehead atoms. The smallest absolute Gasteiger partial charge is 0.410 e. The Bertz CT molecular complexity index is 518. The first-order chi connectivity index (χ1) is 12.9. The van der Waals surface area contributed by atoms with Crippen LogP contribution in [0.3, 0.4) is 0 Å². The van der Waals surface area contributed by atoms with Crippen LogP contribution in [0.2, 0.25) is 0 Å². The van der Waals surface area contributed by atoms with Gasteiger partial charge in [0.1, 0.15) is 11.2 Å². The van der Waals surface area contributed by atoms with Crippen molar-refractivity contribution in [2.45, 2.75) is 78.4 Å². The van der Waals surface area contributed by atoms with E-state index < -0.39 is 17.3 Å². The normalized spacial score (nSPS) is 11.5. The average molecular weight is 399 g/mol. The van der Waals surface area contributed by atoms with Crippen molar-refractivity contribution in [3.8, 4) is 6.07 Å². The third kappa shape index (κ3) is 13.2. The number of hydrogen-bond acceptors (Lipinski definition) is 6. The van der Waals surface area contributed by atoms with Gasteiger partial charge in [-0.1, -0.05) is 0 Å². The Morgan fingerprint density at radius 2 is 1.21 bits per heavy atom. The molecule has 0 aromatic heterocycles. The van der Waals surface area contributed by atoms with Crippen LogP contribution < -0.4 is 5.73 Å². The van der Waals surface area contributed by atoms with Gasteiger partial charge in [0, 0.05) is 26.2 Å². The van der Waals surface area contributed by atoms with Gasteiger partial charge in [0.2, 0.25) is 0 Å². The van der Waals surface area contributed by atoms with Crippen LogP contribution in [-0.2, 0) is 9.47 Å². The SMILES string of the molecule is CC(C)(C)OC(=O)N(CCC#N)CCCCN(CCCN)C(=O)OC(C)(C)C. The number of hydrogen-bond donors (Lipinski definition) is 1. The Morgan fingerprint density at radius 1 is 0.821 bits per heavy atom. The first-order valence-corrected chi connectivity index (χ1v) is 9.92. The second-order valence-corrected chi connectivity index (χ2v) is 8.69. The number of nitrogens with zero attached hydrogens (tertiary/aromatic N) is 3. The van der Waals surface area contributed by atoms with Gasteiger partial charge >= 0.3 is 12.2 Å². The van der Waals surface area contributed by atoms with E-state index in [9.17, 15) is 9.59 Å². The first-order valence-electron chi connectivity index (χ1n) is 9.92. The van der Waals surface area contributed by atoms with Gasteiger partial charge in [-0.2, -0.15) is 5.26 Å². The zero-order valence-corrected chi connectivity index (χ0v) is 18.4. The number of carbonyl (C=O) groups is 2. The van der Waals surface area contributed by atoms with E-state index in [0.717, 1.165) is 0 Å². The van der Waals surface area contributed by atoms with Gasteiger partial charge < -0.3 is 25.0 Å². The molecule has 2 N–H and O–H groups in total. The minimum Gasteiger partial charge on any atom is -0.444 e. The Hall–Kier alpha value is -2.01. The monoisotopic (exact) mass is 398 g/mol. The predicted molar refractivity (Wildman–Crippen MR) is 109 cm³/mol. The van der Waals surface area contributed by atoms with Gasteiger partial charge in [0.05, 0.1) is 12.5 Å². The molecular formula is C20H38N4O4. The van der Waals surface area contributed by atoms with E-state index >= 15 is 0 Å². The van der Waals surface area contributed by atoms with E-state index in [-0.39, 0.29) is 12.5 Å². The summed E-state index contributed by atoms with van der Waals surface area (Å²) in [7, 11) is 0. The van der Waals surface area contributed by atoms with Crippen molar-refractivity contribution in [3.05, 3.63) is 0 Å². The third-order valence-electron chi connectivity index (χ3n) is 3.54. The number of rotatable bonds is 10. The molecule has 0 aromatic carbocycles. The fourth-order valence-electron chi connectivity index (χ4n) is 2.31. The zero-order chi connectivity index (χ0) is 21.8. The molecule has 0 saturated heterocycles. The van der Waals surface area contributed by atoms with Crippen molar-refractivity contribution < 1.29 is 19.1 Å². The van der Waals surface area contributed by atoms with E-state index in [4.69, 9.17) is 20.5 Å². The quantitative estimate of drug-likeness (QED) is 0.564. The van der Waals surface area contributed by atoms with Gasteiger partial charge in [-0.15, -0.1) is 0 Å². The summed E-state index contributed by atoms with van der Waals surface area (Å²) in [5.74, 6) is 0. The van der Waals surface area contributed by atoms with Crippen molar-refractivity contribution in [1.82, 2.24) is 9.80 Å². The van der Waals surface area contributed by atoms with Crippen molar-refractivity contribution in [1.29, 1.82) is 5.26 Å². The number of carbonyl (C=O) groups excluding carboxylic acids is 2. The highest BCUT2D eigenvalue weighted by Crippen LogP contribution is 2.13. The number of ether oxygens (including phenoxy) is 2. The molecular weight excluding hydrogens is 360 g/mol. The largest absolute Gasteiger partial charge is 0.444 e. The van der Waals surface area contributed by atoms with Crippen molar-refractivity contribution in [2.24, 2.45) is 5.73 Å². The number of unbranched alkanes of at least 4 members (excludes halogenated alkanes) is 1. The lowest BCUT2D eigenvalue weighted by atomic mass is 10.2. The van der Waals surface area contributed by atoms with Gasteiger partial charge in [-0.05, 0) is 67.3 Å². The molecule has 0 radical (unpaired) electrons. The average Bonchev–Trinajstić information content (AvgIpc) is 2.53. The van der Waals surface area contributed by atoms with E-state index in [2.05, 4.69) is 6.07 Å². The molecule has 0 heterocycles. The van der Waals surface area contributed by atoms with Crippen LogP contribution in [-0.4, -0.2) is 65.9 Å². The van der Waals surface area contributed by atoms with Crippen LogP contribution in [0.25, 0.3) is 0 Å². The van der Waals surface area contributed by atoms with Crippen LogP contribution in [0.5, 0.6) is 0 Å². The van der Waals surface area contributed by atoms with E-state index in [1.807, 2.05) is 41.5 Å². The van der Waals surface area contributed by atoms with Gasteiger partial charge in [0.15, 0.2) is 0 Å². The Kier molecular flexibility index (Phi) is 11.6. The van der Waals surface area contributed by atoms with Crippen molar-refractivity contribution in [2.75, 3.05) is 32.7 Å². The summed E-state index contributed by atoms with van der Waals surface area (Å²) in [6, 6.07) is 2.05. The maximum absolute atomic E-state index is 12.3. The molecule has 162 valence electrons. The molecule has 0 spiro atoms. The van der Waals surface area contributed by atoms with E-state index in [1.165, 1.54) is 0 Å². The third-order valence-corrected chi connectivity index (χ3v) is 3.54. The lowest BCUT2D eigenvalue weighted by molar-refractivity contribution is 0.0211. The lowest BCUT2D eigenvalue weighted by Crippen LogP contribution is -2.40. The maximum atomic E-state index is 12.3. The fraction of sp³-hybridized carbons (Fsp3) is 0.850. The van der Waals surface area contributed by atoms with Crippen LogP contribution in [0.4, 0.5) is 9.59 Å². The first kappa shape index (κ1) is 26.0. The minimum absolute atomic E-state index is 0.250. The fourth-order valence-corrected chi connectivity index (χ4v) is 2.31. The Balaban J connectivity index is 4.66. The van der Waals surface area contributed by atoms with Crippen LogP contribution >= 0.6 is 0 Å². The zero-order valence-electron chi connectivity index (χ0n) is 18.4. The molecule has 0 aliphatic rings. The molecule has 2 amide bonds. The Morgan fingerprint density at radius 3 is 1.57 bits per heavy atom. The molecule has 0 aromatic rings. The topological polar surface area (TPSA) is 109 Å². The molecule has 0 aliphatic heterocycles. The number of nitriles is 1. The minimum atomic E-state index is -0.586. The van der Waals surface area contributed by atoms with Crippen molar-refractivity contribution >= 4 is 12.2 Å². The van der Waals surface area contributed by atoms with Gasteiger partial charge in [-0.25, -0.2) is 9.59 Å². The molecule has 0 atom stereocenters. The summed E-state index contributed by atoms with van der Waals surface area (Å²) in [6.45, 7) is 13.3. The summed E-state index contributed by atoms with van der Waals surface area (Å²) in [5, 5.41) is 8.81. The molecule has 0 rings (SSSR count).